The molecule has 298 valence electrons. The van der Waals surface area contributed by atoms with Gasteiger partial charge in [0.05, 0.1) is 29.2 Å². The minimum atomic E-state index is -3.95. The zero-order valence-electron chi connectivity index (χ0n) is 30.6. The lowest BCUT2D eigenvalue weighted by molar-refractivity contribution is -0.790. The number of carbonyl (C=O) groups excluding carboxylic acids is 1. The van der Waals surface area contributed by atoms with Gasteiger partial charge in [0, 0.05) is 45.5 Å². The minimum Gasteiger partial charge on any atom is -0.493 e. The van der Waals surface area contributed by atoms with Gasteiger partial charge in [-0.1, -0.05) is 20.3 Å². The lowest BCUT2D eigenvalue weighted by Crippen LogP contribution is -2.49. The predicted octanol–water partition coefficient (Wildman–Crippen LogP) is 3.57. The highest BCUT2D eigenvalue weighted by molar-refractivity contribution is 7.89. The Bertz CT molecular complexity index is 1910. The molecular weight excluding hydrogens is 734 g/mol. The van der Waals surface area contributed by atoms with E-state index in [4.69, 9.17) is 19.2 Å². The largest absolute Gasteiger partial charge is 0.508 e. The van der Waals surface area contributed by atoms with Crippen molar-refractivity contribution in [1.29, 1.82) is 0 Å². The van der Waals surface area contributed by atoms with E-state index in [0.717, 1.165) is 24.8 Å². The van der Waals surface area contributed by atoms with Crippen molar-refractivity contribution in [3.8, 4) is 17.1 Å². The highest BCUT2D eigenvalue weighted by atomic mass is 32.2. The van der Waals surface area contributed by atoms with Gasteiger partial charge >= 0.3 is 6.16 Å². The number of fused-ring (bicyclic) bond motifs is 1. The molecule has 54 heavy (non-hydrogen) atoms. The molecule has 1 aliphatic rings. The van der Waals surface area contributed by atoms with E-state index in [1.807, 2.05) is 29.5 Å². The highest BCUT2D eigenvalue weighted by Crippen LogP contribution is 2.33. The fourth-order valence-corrected chi connectivity index (χ4v) is 7.45. The topological polar surface area (TPSA) is 241 Å². The molecule has 1 unspecified atom stereocenters. The van der Waals surface area contributed by atoms with Crippen LogP contribution in [-0.2, 0) is 42.1 Å². The Morgan fingerprint density at radius 3 is 2.41 bits per heavy atom. The maximum atomic E-state index is 13.9. The van der Waals surface area contributed by atoms with Crippen LogP contribution in [0.5, 0.6) is 5.75 Å². The van der Waals surface area contributed by atoms with E-state index in [1.54, 1.807) is 6.07 Å². The standard InChI is InChI=1S/C33H47N7O13S/c1-4-9-24-22-37(6-3)30-29(24)34-31(35-32(30)41)27-21-26(11-12-28(27)49-18-5-2)54(47,48)38-15-13-36(14-16-38)17-20-51-33(42)50-19-8-7-10-25(53-40(45)46)23-52-39(43)44/h11-12,21-22,25H,4-10,13-20,23H2,1-3H3,(H,34,35,41). The molecule has 2 aromatic heterocycles. The van der Waals surface area contributed by atoms with E-state index in [1.165, 1.54) is 16.4 Å². The van der Waals surface area contributed by atoms with Gasteiger partial charge in [-0.05, 0) is 62.8 Å². The predicted molar refractivity (Wildman–Crippen MR) is 192 cm³/mol. The number of aromatic nitrogens is 3. The number of piperazine rings is 1. The monoisotopic (exact) mass is 781 g/mol. The van der Waals surface area contributed by atoms with Gasteiger partial charge in [0.1, 0.15) is 36.4 Å². The Kier molecular flexibility index (Phi) is 15.4. The molecule has 0 radical (unpaired) electrons. The molecule has 4 rings (SSSR count). The second kappa shape index (κ2) is 19.9. The Balaban J connectivity index is 1.32. The first-order valence-electron chi connectivity index (χ1n) is 17.9. The quantitative estimate of drug-likeness (QED) is 0.0663. The van der Waals surface area contributed by atoms with Gasteiger partial charge < -0.3 is 33.4 Å². The van der Waals surface area contributed by atoms with E-state index >= 15 is 0 Å². The van der Waals surface area contributed by atoms with Crippen molar-refractivity contribution in [2.45, 2.75) is 76.8 Å². The molecule has 1 aliphatic heterocycles. The van der Waals surface area contributed by atoms with Gasteiger partial charge in [-0.25, -0.2) is 18.2 Å². The van der Waals surface area contributed by atoms with Crippen LogP contribution < -0.4 is 10.3 Å². The number of aryl methyl sites for hydroxylation is 2. The molecule has 21 heteroatoms. The van der Waals surface area contributed by atoms with E-state index < -0.39 is 39.1 Å². The number of nitrogens with zero attached hydrogens (tertiary/aromatic N) is 6. The number of ether oxygens (including phenoxy) is 3. The summed E-state index contributed by atoms with van der Waals surface area (Å²) in [7, 11) is -3.95. The molecule has 3 aromatic rings. The molecule has 1 aromatic carbocycles. The van der Waals surface area contributed by atoms with Gasteiger partial charge in [0.2, 0.25) is 10.0 Å². The number of hydrogen-bond acceptors (Lipinski definition) is 15. The third kappa shape index (κ3) is 11.2. The number of rotatable bonds is 22. The molecule has 1 atom stereocenters. The zero-order chi connectivity index (χ0) is 39.3. The molecule has 1 N–H and O–H groups in total. The molecule has 3 heterocycles. The van der Waals surface area contributed by atoms with Crippen LogP contribution in [0, 0.1) is 20.2 Å². The van der Waals surface area contributed by atoms with Crippen molar-refractivity contribution in [3.63, 3.8) is 0 Å². The summed E-state index contributed by atoms with van der Waals surface area (Å²) in [6.07, 6.45) is 2.88. The number of aromatic amines is 1. The van der Waals surface area contributed by atoms with Crippen molar-refractivity contribution in [2.24, 2.45) is 0 Å². The van der Waals surface area contributed by atoms with Crippen LogP contribution in [0.1, 0.15) is 58.4 Å². The van der Waals surface area contributed by atoms with Crippen molar-refractivity contribution in [3.05, 3.63) is 60.5 Å². The summed E-state index contributed by atoms with van der Waals surface area (Å²) in [5, 5.41) is 18.8. The first-order chi connectivity index (χ1) is 25.9. The van der Waals surface area contributed by atoms with Gasteiger partial charge in [0.15, 0.2) is 0 Å². The molecule has 20 nitrogen and oxygen atoms in total. The maximum absolute atomic E-state index is 13.9. The van der Waals surface area contributed by atoms with Gasteiger partial charge in [-0.15, -0.1) is 20.2 Å². The number of unbranched alkanes of at least 4 members (excludes halogenated alkanes) is 1. The lowest BCUT2D eigenvalue weighted by atomic mass is 10.1. The molecule has 1 saturated heterocycles. The van der Waals surface area contributed by atoms with E-state index in [-0.39, 0.29) is 49.0 Å². The number of sulfonamides is 1. The first-order valence-corrected chi connectivity index (χ1v) is 19.3. The Hall–Kier alpha value is -5.02. The zero-order valence-corrected chi connectivity index (χ0v) is 31.4. The summed E-state index contributed by atoms with van der Waals surface area (Å²) < 4.78 is 47.1. The molecule has 0 bridgehead atoms. The summed E-state index contributed by atoms with van der Waals surface area (Å²) in [5.41, 5.74) is 2.04. The lowest BCUT2D eigenvalue weighted by Gasteiger charge is -2.33. The minimum absolute atomic E-state index is 0.00228. The van der Waals surface area contributed by atoms with Gasteiger partial charge in [-0.3, -0.25) is 9.69 Å². The van der Waals surface area contributed by atoms with Crippen LogP contribution >= 0.6 is 0 Å². The summed E-state index contributed by atoms with van der Waals surface area (Å²) in [4.78, 5) is 64.4. The average Bonchev–Trinajstić information content (AvgIpc) is 3.50. The van der Waals surface area contributed by atoms with Crippen LogP contribution in [0.15, 0.2) is 34.1 Å². The number of hydrogen-bond donors (Lipinski definition) is 1. The van der Waals surface area contributed by atoms with E-state index in [2.05, 4.69) is 21.6 Å². The van der Waals surface area contributed by atoms with E-state index in [9.17, 15) is 38.2 Å². The number of H-pyrrole nitrogens is 1. The Labute approximate surface area is 311 Å². The number of carbonyl (C=O) groups is 1. The normalized spacial score (nSPS) is 14.4. The fraction of sp³-hybridized carbons (Fsp3) is 0.606. The van der Waals surface area contributed by atoms with Crippen LogP contribution in [0.2, 0.25) is 0 Å². The number of benzene rings is 1. The molecular formula is C33H47N7O13S. The van der Waals surface area contributed by atoms with Crippen molar-refractivity contribution >= 4 is 27.2 Å². The third-order valence-electron chi connectivity index (χ3n) is 8.66. The molecule has 0 aliphatic carbocycles. The molecule has 1 fully saturated rings. The van der Waals surface area contributed by atoms with Crippen molar-refractivity contribution in [2.75, 3.05) is 59.2 Å². The average molecular weight is 782 g/mol. The molecule has 0 spiro atoms. The second-order valence-corrected chi connectivity index (χ2v) is 14.4. The van der Waals surface area contributed by atoms with Gasteiger partial charge in [0.25, 0.3) is 15.7 Å². The van der Waals surface area contributed by atoms with Crippen molar-refractivity contribution in [1.82, 2.24) is 23.7 Å². The summed E-state index contributed by atoms with van der Waals surface area (Å²) >= 11 is 0. The number of nitrogens with one attached hydrogen (secondary N) is 1. The third-order valence-corrected chi connectivity index (χ3v) is 10.6. The smallest absolute Gasteiger partial charge is 0.493 e. The highest BCUT2D eigenvalue weighted by Gasteiger charge is 2.30. The van der Waals surface area contributed by atoms with Crippen LogP contribution in [0.4, 0.5) is 4.79 Å². The van der Waals surface area contributed by atoms with Gasteiger partial charge in [-0.2, -0.15) is 4.31 Å². The fourth-order valence-electron chi connectivity index (χ4n) is 6.00. The van der Waals surface area contributed by atoms with E-state index in [0.29, 0.717) is 68.0 Å². The Morgan fingerprint density at radius 2 is 1.74 bits per heavy atom. The summed E-state index contributed by atoms with van der Waals surface area (Å²) in [6.45, 7) is 7.79. The molecule has 0 amide bonds. The van der Waals surface area contributed by atoms with Crippen LogP contribution in [0.3, 0.4) is 0 Å². The van der Waals surface area contributed by atoms with Crippen LogP contribution in [-0.4, -0.2) is 114 Å². The summed E-state index contributed by atoms with van der Waals surface area (Å²) in [6, 6.07) is 4.58. The van der Waals surface area contributed by atoms with Crippen LogP contribution in [0.25, 0.3) is 22.4 Å². The SMILES string of the molecule is CCCOc1ccc(S(=O)(=O)N2CCN(CCOC(=O)OCCCCC(CO[N+](=O)[O-])O[N+](=O)[O-])CC2)cc1-c1nc2c(CCC)cn(CC)c2c(=O)[nH]1. The Morgan fingerprint density at radius 1 is 1.00 bits per heavy atom. The first kappa shape index (κ1) is 41.7. The maximum Gasteiger partial charge on any atom is 0.508 e. The second-order valence-electron chi connectivity index (χ2n) is 12.5. The van der Waals surface area contributed by atoms with Crippen molar-refractivity contribution < 1.29 is 47.3 Å². The molecule has 0 saturated carbocycles. The summed E-state index contributed by atoms with van der Waals surface area (Å²) in [5.74, 6) is 0.631.